The van der Waals surface area contributed by atoms with Gasteiger partial charge < -0.3 is 15.0 Å². The zero-order valence-corrected chi connectivity index (χ0v) is 11.8. The Balaban J connectivity index is 0.00000180. The molecule has 1 N–H and O–H groups in total. The van der Waals surface area contributed by atoms with Crippen molar-refractivity contribution in [2.24, 2.45) is 0 Å². The van der Waals surface area contributed by atoms with Crippen LogP contribution in [0.2, 0.25) is 0 Å². The van der Waals surface area contributed by atoms with Crippen molar-refractivity contribution in [3.63, 3.8) is 0 Å². The number of halogens is 1. The van der Waals surface area contributed by atoms with Gasteiger partial charge in [-0.15, -0.1) is 12.4 Å². The van der Waals surface area contributed by atoms with E-state index in [4.69, 9.17) is 4.74 Å². The van der Waals surface area contributed by atoms with Crippen LogP contribution in [0.15, 0.2) is 18.2 Å². The SMILES string of the molecule is COc1cc(N2CCNCC2C)ccc1[N+](=O)[O-].Cl. The first-order valence-electron chi connectivity index (χ1n) is 5.93. The first-order chi connectivity index (χ1) is 8.63. The third kappa shape index (κ3) is 3.27. The predicted molar refractivity (Wildman–Crippen MR) is 76.6 cm³/mol. The summed E-state index contributed by atoms with van der Waals surface area (Å²) in [4.78, 5) is 12.6. The third-order valence-corrected chi connectivity index (χ3v) is 3.19. The molecule has 1 saturated heterocycles. The molecule has 1 aromatic rings. The quantitative estimate of drug-likeness (QED) is 0.678. The first-order valence-corrected chi connectivity index (χ1v) is 5.93. The number of benzene rings is 1. The molecule has 1 aliphatic heterocycles. The Labute approximate surface area is 118 Å². The Morgan fingerprint density at radius 2 is 2.26 bits per heavy atom. The predicted octanol–water partition coefficient (Wildman–Crippen LogP) is 1.82. The largest absolute Gasteiger partial charge is 0.490 e. The fraction of sp³-hybridized carbons (Fsp3) is 0.500. The Morgan fingerprint density at radius 3 is 2.84 bits per heavy atom. The normalized spacial score (nSPS) is 18.6. The Morgan fingerprint density at radius 1 is 1.53 bits per heavy atom. The highest BCUT2D eigenvalue weighted by atomic mass is 35.5. The number of nitro groups is 1. The molecule has 0 aliphatic carbocycles. The van der Waals surface area contributed by atoms with Gasteiger partial charge in [0.25, 0.3) is 0 Å². The number of rotatable bonds is 3. The van der Waals surface area contributed by atoms with E-state index in [1.54, 1.807) is 12.1 Å². The average Bonchev–Trinajstić information content (AvgIpc) is 2.38. The highest BCUT2D eigenvalue weighted by Gasteiger charge is 2.21. The van der Waals surface area contributed by atoms with Gasteiger partial charge in [-0.1, -0.05) is 0 Å². The molecule has 1 aromatic carbocycles. The Hall–Kier alpha value is -1.53. The van der Waals surface area contributed by atoms with Crippen molar-refractivity contribution < 1.29 is 9.66 Å². The minimum absolute atomic E-state index is 0. The summed E-state index contributed by atoms with van der Waals surface area (Å²) in [6.07, 6.45) is 0. The number of hydrogen-bond acceptors (Lipinski definition) is 5. The second-order valence-corrected chi connectivity index (χ2v) is 4.36. The van der Waals surface area contributed by atoms with Gasteiger partial charge in [-0.25, -0.2) is 0 Å². The fourth-order valence-corrected chi connectivity index (χ4v) is 2.22. The van der Waals surface area contributed by atoms with Crippen LogP contribution in [0.3, 0.4) is 0 Å². The van der Waals surface area contributed by atoms with Gasteiger partial charge in [-0.2, -0.15) is 0 Å². The van der Waals surface area contributed by atoms with E-state index < -0.39 is 4.92 Å². The molecule has 1 fully saturated rings. The van der Waals surface area contributed by atoms with E-state index in [0.717, 1.165) is 25.3 Å². The van der Waals surface area contributed by atoms with Crippen molar-refractivity contribution in [3.05, 3.63) is 28.3 Å². The molecular weight excluding hydrogens is 270 g/mol. The van der Waals surface area contributed by atoms with E-state index in [0.29, 0.717) is 11.8 Å². The van der Waals surface area contributed by atoms with Crippen LogP contribution < -0.4 is 15.0 Å². The van der Waals surface area contributed by atoms with E-state index in [1.165, 1.54) is 13.2 Å². The lowest BCUT2D eigenvalue weighted by molar-refractivity contribution is -0.385. The molecule has 6 nitrogen and oxygen atoms in total. The molecule has 0 radical (unpaired) electrons. The van der Waals surface area contributed by atoms with Crippen LogP contribution in [0.25, 0.3) is 0 Å². The van der Waals surface area contributed by atoms with Crippen LogP contribution >= 0.6 is 12.4 Å². The molecule has 106 valence electrons. The zero-order chi connectivity index (χ0) is 13.1. The van der Waals surface area contributed by atoms with Gasteiger partial charge in [-0.05, 0) is 13.0 Å². The molecule has 1 atom stereocenters. The van der Waals surface area contributed by atoms with Crippen molar-refractivity contribution in [2.45, 2.75) is 13.0 Å². The summed E-state index contributed by atoms with van der Waals surface area (Å²) in [7, 11) is 1.45. The van der Waals surface area contributed by atoms with E-state index in [2.05, 4.69) is 17.1 Å². The van der Waals surface area contributed by atoms with E-state index in [9.17, 15) is 10.1 Å². The lowest BCUT2D eigenvalue weighted by atomic mass is 10.1. The van der Waals surface area contributed by atoms with E-state index in [1.807, 2.05) is 0 Å². The standard InChI is InChI=1S/C12H17N3O3.ClH/c1-9-8-13-5-6-14(9)10-3-4-11(15(16)17)12(7-10)18-2;/h3-4,7,9,13H,5-6,8H2,1-2H3;1H. The molecule has 2 rings (SSSR count). The number of anilines is 1. The molecule has 0 saturated carbocycles. The van der Waals surface area contributed by atoms with Crippen molar-refractivity contribution in [2.75, 3.05) is 31.6 Å². The van der Waals surface area contributed by atoms with Crippen molar-refractivity contribution in [3.8, 4) is 5.75 Å². The van der Waals surface area contributed by atoms with Gasteiger partial charge in [0.1, 0.15) is 0 Å². The van der Waals surface area contributed by atoms with Gasteiger partial charge in [0.2, 0.25) is 0 Å². The maximum Gasteiger partial charge on any atom is 0.311 e. The Bertz CT molecular complexity index is 456. The third-order valence-electron chi connectivity index (χ3n) is 3.19. The molecule has 0 amide bonds. The summed E-state index contributed by atoms with van der Waals surface area (Å²) >= 11 is 0. The summed E-state index contributed by atoms with van der Waals surface area (Å²) < 4.78 is 5.09. The first kappa shape index (κ1) is 15.5. The maximum absolute atomic E-state index is 10.8. The number of hydrogen-bond donors (Lipinski definition) is 1. The molecule has 1 heterocycles. The lowest BCUT2D eigenvalue weighted by Crippen LogP contribution is -2.49. The van der Waals surface area contributed by atoms with Gasteiger partial charge >= 0.3 is 5.69 Å². The number of nitro benzene ring substituents is 1. The molecule has 7 heteroatoms. The monoisotopic (exact) mass is 287 g/mol. The second kappa shape index (κ2) is 6.58. The van der Waals surface area contributed by atoms with Crippen LogP contribution in [-0.4, -0.2) is 37.7 Å². The smallest absolute Gasteiger partial charge is 0.311 e. The van der Waals surface area contributed by atoms with Crippen LogP contribution in [0.5, 0.6) is 5.75 Å². The van der Waals surface area contributed by atoms with Gasteiger partial charge in [-0.3, -0.25) is 10.1 Å². The number of methoxy groups -OCH3 is 1. The fourth-order valence-electron chi connectivity index (χ4n) is 2.22. The average molecular weight is 288 g/mol. The number of nitrogens with zero attached hydrogens (tertiary/aromatic N) is 2. The summed E-state index contributed by atoms with van der Waals surface area (Å²) in [5.74, 6) is 0.309. The molecule has 0 aromatic heterocycles. The van der Waals surface area contributed by atoms with E-state index >= 15 is 0 Å². The minimum Gasteiger partial charge on any atom is -0.490 e. The lowest BCUT2D eigenvalue weighted by Gasteiger charge is -2.35. The zero-order valence-electron chi connectivity index (χ0n) is 11.0. The topological polar surface area (TPSA) is 67.6 Å². The van der Waals surface area contributed by atoms with Gasteiger partial charge in [0, 0.05) is 43.5 Å². The molecule has 19 heavy (non-hydrogen) atoms. The molecule has 0 spiro atoms. The summed E-state index contributed by atoms with van der Waals surface area (Å²) in [6, 6.07) is 5.38. The van der Waals surface area contributed by atoms with Gasteiger partial charge in [0.15, 0.2) is 5.75 Å². The number of nitrogens with one attached hydrogen (secondary N) is 1. The summed E-state index contributed by atoms with van der Waals surface area (Å²) in [6.45, 7) is 4.85. The summed E-state index contributed by atoms with van der Waals surface area (Å²) in [5, 5.41) is 14.1. The molecule has 1 aliphatic rings. The molecular formula is C12H18ClN3O3. The van der Waals surface area contributed by atoms with Crippen molar-refractivity contribution in [1.82, 2.24) is 5.32 Å². The van der Waals surface area contributed by atoms with E-state index in [-0.39, 0.29) is 18.1 Å². The van der Waals surface area contributed by atoms with Crippen LogP contribution in [0.4, 0.5) is 11.4 Å². The molecule has 1 unspecified atom stereocenters. The maximum atomic E-state index is 10.8. The number of ether oxygens (including phenoxy) is 1. The number of piperazine rings is 1. The van der Waals surface area contributed by atoms with Crippen LogP contribution in [0, 0.1) is 10.1 Å². The van der Waals surface area contributed by atoms with Crippen LogP contribution in [0.1, 0.15) is 6.92 Å². The summed E-state index contributed by atoms with van der Waals surface area (Å²) in [5.41, 5.74) is 0.968. The van der Waals surface area contributed by atoms with Gasteiger partial charge in [0.05, 0.1) is 12.0 Å². The van der Waals surface area contributed by atoms with Crippen LogP contribution in [-0.2, 0) is 0 Å². The van der Waals surface area contributed by atoms with Crippen molar-refractivity contribution in [1.29, 1.82) is 0 Å². The van der Waals surface area contributed by atoms with Crippen molar-refractivity contribution >= 4 is 23.8 Å². The second-order valence-electron chi connectivity index (χ2n) is 4.36. The Kier molecular flexibility index (Phi) is 5.38. The highest BCUT2D eigenvalue weighted by molar-refractivity contribution is 5.85. The minimum atomic E-state index is -0.427. The highest BCUT2D eigenvalue weighted by Crippen LogP contribution is 2.32. The molecule has 0 bridgehead atoms.